The van der Waals surface area contributed by atoms with Crippen LogP contribution in [-0.4, -0.2) is 36.5 Å². The summed E-state index contributed by atoms with van der Waals surface area (Å²) in [5.41, 5.74) is 0. The van der Waals surface area contributed by atoms with Crippen LogP contribution in [0.3, 0.4) is 0 Å². The van der Waals surface area contributed by atoms with Crippen molar-refractivity contribution in [2.75, 3.05) is 26.3 Å². The molecule has 0 unspecified atom stereocenters. The molecule has 0 heterocycles. The summed E-state index contributed by atoms with van der Waals surface area (Å²) >= 11 is 0. The van der Waals surface area contributed by atoms with Crippen LogP contribution in [0.4, 0.5) is 0 Å². The SMILES string of the molecule is OCCCCCCCCCCCCNCCCCCCCCCCO. The zero-order chi connectivity index (χ0) is 18.3. The first kappa shape index (κ1) is 24.9. The van der Waals surface area contributed by atoms with Crippen molar-refractivity contribution in [3.63, 3.8) is 0 Å². The Hall–Kier alpha value is -0.120. The lowest BCUT2D eigenvalue weighted by Crippen LogP contribution is -2.16. The molecule has 0 rings (SSSR count). The predicted molar refractivity (Wildman–Crippen MR) is 110 cm³/mol. The molecule has 25 heavy (non-hydrogen) atoms. The Bertz CT molecular complexity index is 202. The summed E-state index contributed by atoms with van der Waals surface area (Å²) in [6.07, 6.45) is 23.4. The minimum absolute atomic E-state index is 0.359. The van der Waals surface area contributed by atoms with Gasteiger partial charge in [-0.2, -0.15) is 0 Å². The van der Waals surface area contributed by atoms with Gasteiger partial charge in [0.25, 0.3) is 0 Å². The highest BCUT2D eigenvalue weighted by Crippen LogP contribution is 2.10. The molecule has 0 saturated heterocycles. The van der Waals surface area contributed by atoms with Crippen molar-refractivity contribution >= 4 is 0 Å². The van der Waals surface area contributed by atoms with Crippen LogP contribution in [0.2, 0.25) is 0 Å². The second-order valence-electron chi connectivity index (χ2n) is 7.56. The number of unbranched alkanes of at least 4 members (excludes halogenated alkanes) is 16. The Kier molecular flexibility index (Phi) is 23.8. The van der Waals surface area contributed by atoms with Crippen LogP contribution in [0.15, 0.2) is 0 Å². The van der Waals surface area contributed by atoms with Gasteiger partial charge in [0.2, 0.25) is 0 Å². The summed E-state index contributed by atoms with van der Waals surface area (Å²) in [7, 11) is 0. The maximum atomic E-state index is 8.71. The molecule has 3 N–H and O–H groups in total. The van der Waals surface area contributed by atoms with Crippen LogP contribution in [0.1, 0.15) is 116 Å². The second kappa shape index (κ2) is 23.9. The topological polar surface area (TPSA) is 52.5 Å². The number of aliphatic hydroxyl groups is 2. The highest BCUT2D eigenvalue weighted by molar-refractivity contribution is 4.52. The summed E-state index contributed by atoms with van der Waals surface area (Å²) in [4.78, 5) is 0. The van der Waals surface area contributed by atoms with E-state index in [2.05, 4.69) is 5.32 Å². The molecule has 0 aromatic heterocycles. The van der Waals surface area contributed by atoms with E-state index < -0.39 is 0 Å². The van der Waals surface area contributed by atoms with Gasteiger partial charge in [0.15, 0.2) is 0 Å². The zero-order valence-electron chi connectivity index (χ0n) is 17.0. The number of aliphatic hydroxyl groups excluding tert-OH is 2. The fourth-order valence-corrected chi connectivity index (χ4v) is 3.32. The average molecular weight is 358 g/mol. The fraction of sp³-hybridized carbons (Fsp3) is 1.00. The zero-order valence-corrected chi connectivity index (χ0v) is 17.0. The van der Waals surface area contributed by atoms with Gasteiger partial charge in [-0.3, -0.25) is 0 Å². The van der Waals surface area contributed by atoms with Gasteiger partial charge in [-0.25, -0.2) is 0 Å². The van der Waals surface area contributed by atoms with Crippen molar-refractivity contribution in [3.05, 3.63) is 0 Å². The summed E-state index contributed by atoms with van der Waals surface area (Å²) < 4.78 is 0. The smallest absolute Gasteiger partial charge is 0.0431 e. The lowest BCUT2D eigenvalue weighted by atomic mass is 10.1. The first-order valence-electron chi connectivity index (χ1n) is 11.3. The van der Waals surface area contributed by atoms with Crippen molar-refractivity contribution in [1.29, 1.82) is 0 Å². The average Bonchev–Trinajstić information content (AvgIpc) is 2.63. The Morgan fingerprint density at radius 2 is 0.560 bits per heavy atom. The molecule has 0 spiro atoms. The monoisotopic (exact) mass is 357 g/mol. The summed E-state index contributed by atoms with van der Waals surface area (Å²) in [5.74, 6) is 0. The molecular weight excluding hydrogens is 310 g/mol. The minimum atomic E-state index is 0.359. The third kappa shape index (κ3) is 23.9. The van der Waals surface area contributed by atoms with Crippen LogP contribution in [0, 0.1) is 0 Å². The van der Waals surface area contributed by atoms with Crippen molar-refractivity contribution in [2.24, 2.45) is 0 Å². The van der Waals surface area contributed by atoms with E-state index in [-0.39, 0.29) is 0 Å². The van der Waals surface area contributed by atoms with Gasteiger partial charge in [0.1, 0.15) is 0 Å². The van der Waals surface area contributed by atoms with Gasteiger partial charge >= 0.3 is 0 Å². The van der Waals surface area contributed by atoms with Gasteiger partial charge in [0.05, 0.1) is 0 Å². The lowest BCUT2D eigenvalue weighted by molar-refractivity contribution is 0.282. The van der Waals surface area contributed by atoms with Crippen molar-refractivity contribution in [3.8, 4) is 0 Å². The first-order valence-corrected chi connectivity index (χ1v) is 11.3. The lowest BCUT2D eigenvalue weighted by Gasteiger charge is -2.05. The van der Waals surface area contributed by atoms with E-state index in [4.69, 9.17) is 10.2 Å². The van der Waals surface area contributed by atoms with Crippen molar-refractivity contribution in [1.82, 2.24) is 5.32 Å². The van der Waals surface area contributed by atoms with E-state index in [1.165, 1.54) is 116 Å². The number of nitrogens with one attached hydrogen (secondary N) is 1. The Balaban J connectivity index is 2.94. The molecule has 0 aliphatic carbocycles. The van der Waals surface area contributed by atoms with Crippen molar-refractivity contribution < 1.29 is 10.2 Å². The standard InChI is InChI=1S/C22H47NO2/c24-21-17-13-9-5-2-1-3-7-11-15-19-23-20-16-12-8-4-6-10-14-18-22-25/h23-25H,1-22H2. The Labute approximate surface area is 158 Å². The summed E-state index contributed by atoms with van der Waals surface area (Å²) in [6, 6.07) is 0. The molecule has 152 valence electrons. The second-order valence-corrected chi connectivity index (χ2v) is 7.56. The minimum Gasteiger partial charge on any atom is -0.396 e. The van der Waals surface area contributed by atoms with E-state index in [1.54, 1.807) is 0 Å². The van der Waals surface area contributed by atoms with E-state index in [0.29, 0.717) is 13.2 Å². The molecule has 0 amide bonds. The molecule has 0 radical (unpaired) electrons. The highest BCUT2D eigenvalue weighted by atomic mass is 16.3. The molecule has 0 aromatic rings. The Morgan fingerprint density at radius 3 is 0.840 bits per heavy atom. The van der Waals surface area contributed by atoms with Gasteiger partial charge in [0, 0.05) is 13.2 Å². The molecule has 0 aliphatic rings. The largest absolute Gasteiger partial charge is 0.396 e. The predicted octanol–water partition coefficient (Wildman–Crippen LogP) is 5.58. The van der Waals surface area contributed by atoms with E-state index in [0.717, 1.165) is 12.8 Å². The number of hydrogen-bond donors (Lipinski definition) is 3. The van der Waals surface area contributed by atoms with Gasteiger partial charge < -0.3 is 15.5 Å². The summed E-state index contributed by atoms with van der Waals surface area (Å²) in [6.45, 7) is 3.11. The van der Waals surface area contributed by atoms with Crippen LogP contribution >= 0.6 is 0 Å². The van der Waals surface area contributed by atoms with E-state index in [9.17, 15) is 0 Å². The number of rotatable bonds is 22. The van der Waals surface area contributed by atoms with Crippen LogP contribution < -0.4 is 5.32 Å². The van der Waals surface area contributed by atoms with Gasteiger partial charge in [-0.15, -0.1) is 0 Å². The third-order valence-corrected chi connectivity index (χ3v) is 5.02. The quantitative estimate of drug-likeness (QED) is 0.222. The highest BCUT2D eigenvalue weighted by Gasteiger charge is 1.94. The summed E-state index contributed by atoms with van der Waals surface area (Å²) in [5, 5.41) is 21.0. The fourth-order valence-electron chi connectivity index (χ4n) is 3.32. The molecule has 3 nitrogen and oxygen atoms in total. The van der Waals surface area contributed by atoms with Gasteiger partial charge in [-0.05, 0) is 38.8 Å². The van der Waals surface area contributed by atoms with Crippen LogP contribution in [0.25, 0.3) is 0 Å². The molecule has 3 heteroatoms. The normalized spacial score (nSPS) is 11.3. The molecular formula is C22H47NO2. The number of hydrogen-bond acceptors (Lipinski definition) is 3. The first-order chi connectivity index (χ1) is 12.4. The van der Waals surface area contributed by atoms with Gasteiger partial charge in [-0.1, -0.05) is 89.9 Å². The van der Waals surface area contributed by atoms with Crippen molar-refractivity contribution in [2.45, 2.75) is 116 Å². The molecule has 0 atom stereocenters. The molecule has 0 aromatic carbocycles. The maximum Gasteiger partial charge on any atom is 0.0431 e. The van der Waals surface area contributed by atoms with Crippen LogP contribution in [-0.2, 0) is 0 Å². The van der Waals surface area contributed by atoms with E-state index >= 15 is 0 Å². The van der Waals surface area contributed by atoms with E-state index in [1.807, 2.05) is 0 Å². The molecule has 0 saturated carbocycles. The molecule has 0 fully saturated rings. The maximum absolute atomic E-state index is 8.71. The third-order valence-electron chi connectivity index (χ3n) is 5.02. The Morgan fingerprint density at radius 1 is 0.320 bits per heavy atom. The molecule has 0 bridgehead atoms. The van der Waals surface area contributed by atoms with Crippen LogP contribution in [0.5, 0.6) is 0 Å². The molecule has 0 aliphatic heterocycles.